The largest absolute Gasteiger partial charge is 0.389 e. The van der Waals surface area contributed by atoms with E-state index in [9.17, 15) is 13.5 Å². The third-order valence-electron chi connectivity index (χ3n) is 9.15. The second kappa shape index (κ2) is 13.5. The van der Waals surface area contributed by atoms with E-state index in [1.807, 2.05) is 97.9 Å². The van der Waals surface area contributed by atoms with Gasteiger partial charge in [0, 0.05) is 7.11 Å². The molecule has 0 aliphatic carbocycles. The summed E-state index contributed by atoms with van der Waals surface area (Å²) in [5.41, 5.74) is 2.59. The molecular weight excluding hydrogens is 586 g/mol. The van der Waals surface area contributed by atoms with Gasteiger partial charge in [-0.25, -0.2) is 8.42 Å². The summed E-state index contributed by atoms with van der Waals surface area (Å²) in [7, 11) is -2.48. The number of ether oxygens (including phenoxy) is 3. The topological polar surface area (TPSA) is 85.3 Å². The van der Waals surface area contributed by atoms with Crippen molar-refractivity contribution in [3.8, 4) is 0 Å². The fourth-order valence-electron chi connectivity index (χ4n) is 6.88. The van der Waals surface area contributed by atoms with Crippen molar-refractivity contribution in [3.63, 3.8) is 0 Å². The Morgan fingerprint density at radius 2 is 1.29 bits per heavy atom. The summed E-state index contributed by atoms with van der Waals surface area (Å²) in [6, 6.07) is 35.9. The van der Waals surface area contributed by atoms with Crippen LogP contribution in [-0.4, -0.2) is 75.0 Å². The second-order valence-corrected chi connectivity index (χ2v) is 14.0. The Morgan fingerprint density at radius 3 is 1.76 bits per heavy atom. The Hall–Kier alpha value is -3.37. The predicted molar refractivity (Wildman–Crippen MR) is 174 cm³/mol. The summed E-state index contributed by atoms with van der Waals surface area (Å²) in [6.07, 6.45) is -1.37. The van der Waals surface area contributed by atoms with E-state index >= 15 is 0 Å². The SMILES string of the molecule is CO[C@@H]1O[C@H](COC(c2ccccc2)(c2ccccc2)c2ccccc2)[C@@H](O)[C@H](S(=O)(=O)c2ccc(C)cc2)[C@H]1N1CCCC1. The first-order valence-electron chi connectivity index (χ1n) is 15.6. The number of benzene rings is 4. The van der Waals surface area contributed by atoms with E-state index in [2.05, 4.69) is 4.90 Å². The molecule has 2 aliphatic rings. The van der Waals surface area contributed by atoms with Crippen LogP contribution in [0.2, 0.25) is 0 Å². The van der Waals surface area contributed by atoms with Crippen molar-refractivity contribution >= 4 is 9.84 Å². The maximum Gasteiger partial charge on any atom is 0.185 e. The molecule has 5 atom stereocenters. The average Bonchev–Trinajstić information content (AvgIpc) is 3.62. The van der Waals surface area contributed by atoms with Gasteiger partial charge in [0.25, 0.3) is 0 Å². The highest BCUT2D eigenvalue weighted by Gasteiger charge is 2.55. The van der Waals surface area contributed by atoms with E-state index in [1.165, 1.54) is 7.11 Å². The molecule has 0 aromatic heterocycles. The number of aliphatic hydroxyl groups is 1. The van der Waals surface area contributed by atoms with Crippen LogP contribution in [0.25, 0.3) is 0 Å². The highest BCUT2D eigenvalue weighted by molar-refractivity contribution is 7.92. The zero-order chi connectivity index (χ0) is 31.4. The normalized spacial score (nSPS) is 24.5. The highest BCUT2D eigenvalue weighted by Crippen LogP contribution is 2.42. The van der Waals surface area contributed by atoms with Gasteiger partial charge >= 0.3 is 0 Å². The summed E-state index contributed by atoms with van der Waals surface area (Å²) in [5.74, 6) is 0. The molecule has 0 unspecified atom stereocenters. The molecule has 6 rings (SSSR count). The number of hydrogen-bond donors (Lipinski definition) is 1. The van der Waals surface area contributed by atoms with Gasteiger partial charge in [0.1, 0.15) is 23.1 Å². The van der Waals surface area contributed by atoms with Gasteiger partial charge in [-0.05, 0) is 61.7 Å². The molecule has 45 heavy (non-hydrogen) atoms. The number of aliphatic hydroxyl groups excluding tert-OH is 1. The van der Waals surface area contributed by atoms with Crippen molar-refractivity contribution in [2.24, 2.45) is 0 Å². The molecule has 236 valence electrons. The number of likely N-dealkylation sites (tertiary alicyclic amines) is 1. The standard InChI is InChI=1S/C37H41NO6S/c1-27-20-22-31(23-21-27)45(40,41)35-33(38-24-12-13-25-38)36(42-2)44-32(34(35)39)26-43-37(28-14-6-3-7-15-28,29-16-8-4-9-17-29)30-18-10-5-11-19-30/h3-11,14-23,32-36,39H,12-13,24-26H2,1-2H3/t32-,33-,34-,35-,36-/m1/s1. The highest BCUT2D eigenvalue weighted by atomic mass is 32.2. The first-order valence-corrected chi connectivity index (χ1v) is 17.1. The second-order valence-electron chi connectivity index (χ2n) is 11.9. The Labute approximate surface area is 266 Å². The molecule has 8 heteroatoms. The van der Waals surface area contributed by atoms with Gasteiger partial charge in [-0.1, -0.05) is 109 Å². The lowest BCUT2D eigenvalue weighted by molar-refractivity contribution is -0.252. The van der Waals surface area contributed by atoms with E-state index in [0.29, 0.717) is 13.1 Å². The van der Waals surface area contributed by atoms with Crippen molar-refractivity contribution in [2.45, 2.75) is 60.1 Å². The predicted octanol–water partition coefficient (Wildman–Crippen LogP) is 5.34. The minimum absolute atomic E-state index is 0.0909. The molecule has 4 aromatic carbocycles. The smallest absolute Gasteiger partial charge is 0.185 e. The third-order valence-corrected chi connectivity index (χ3v) is 11.4. The van der Waals surface area contributed by atoms with Gasteiger partial charge in [-0.3, -0.25) is 4.90 Å². The van der Waals surface area contributed by atoms with Crippen LogP contribution in [0, 0.1) is 6.92 Å². The fourth-order valence-corrected chi connectivity index (χ4v) is 8.92. The average molecular weight is 628 g/mol. The number of nitrogens with zero attached hydrogens (tertiary/aromatic N) is 1. The molecule has 2 aliphatic heterocycles. The molecule has 4 aromatic rings. The van der Waals surface area contributed by atoms with Gasteiger partial charge in [-0.2, -0.15) is 0 Å². The quantitative estimate of drug-likeness (QED) is 0.238. The molecule has 0 bridgehead atoms. The van der Waals surface area contributed by atoms with Gasteiger partial charge in [0.2, 0.25) is 0 Å². The van der Waals surface area contributed by atoms with Gasteiger partial charge in [0.15, 0.2) is 16.1 Å². The third kappa shape index (κ3) is 6.11. The van der Waals surface area contributed by atoms with E-state index < -0.39 is 45.2 Å². The van der Waals surface area contributed by atoms with Gasteiger partial charge < -0.3 is 19.3 Å². The fraction of sp³-hybridized carbons (Fsp3) is 0.351. The number of aryl methyl sites for hydroxylation is 1. The zero-order valence-electron chi connectivity index (χ0n) is 25.7. The van der Waals surface area contributed by atoms with E-state index in [-0.39, 0.29) is 11.5 Å². The number of hydrogen-bond acceptors (Lipinski definition) is 7. The molecule has 2 heterocycles. The van der Waals surface area contributed by atoms with E-state index in [4.69, 9.17) is 14.2 Å². The molecule has 1 N–H and O–H groups in total. The summed E-state index contributed by atoms with van der Waals surface area (Å²) in [4.78, 5) is 2.26. The van der Waals surface area contributed by atoms with E-state index in [0.717, 1.165) is 35.1 Å². The van der Waals surface area contributed by atoms with Crippen LogP contribution in [0.1, 0.15) is 35.1 Å². The number of rotatable bonds is 10. The Kier molecular flexibility index (Phi) is 9.52. The van der Waals surface area contributed by atoms with Gasteiger partial charge in [-0.15, -0.1) is 0 Å². The lowest BCUT2D eigenvalue weighted by Gasteiger charge is -2.48. The first kappa shape index (κ1) is 31.6. The molecular formula is C37H41NO6S. The van der Waals surface area contributed by atoms with Crippen LogP contribution in [0.15, 0.2) is 120 Å². The maximum absolute atomic E-state index is 14.4. The van der Waals surface area contributed by atoms with Crippen LogP contribution in [-0.2, 0) is 29.6 Å². The number of sulfone groups is 1. The molecule has 0 radical (unpaired) electrons. The monoisotopic (exact) mass is 627 g/mol. The molecule has 7 nitrogen and oxygen atoms in total. The minimum atomic E-state index is -4.01. The van der Waals surface area contributed by atoms with Crippen LogP contribution < -0.4 is 0 Å². The van der Waals surface area contributed by atoms with Crippen LogP contribution in [0.5, 0.6) is 0 Å². The lowest BCUT2D eigenvalue weighted by Crippen LogP contribution is -2.66. The molecule has 0 amide bonds. The Morgan fingerprint density at radius 1 is 0.800 bits per heavy atom. The number of methoxy groups -OCH3 is 1. The minimum Gasteiger partial charge on any atom is -0.389 e. The van der Waals surface area contributed by atoms with Crippen LogP contribution in [0.3, 0.4) is 0 Å². The van der Waals surface area contributed by atoms with Crippen molar-refractivity contribution in [1.29, 1.82) is 0 Å². The summed E-state index contributed by atoms with van der Waals surface area (Å²) in [5, 5.41) is 10.9. The van der Waals surface area contributed by atoms with Crippen molar-refractivity contribution < 1.29 is 27.7 Å². The molecule has 2 fully saturated rings. The van der Waals surface area contributed by atoms with Crippen LogP contribution in [0.4, 0.5) is 0 Å². The Bertz CT molecular complexity index is 1530. The Balaban J connectivity index is 1.42. The van der Waals surface area contributed by atoms with E-state index in [1.54, 1.807) is 24.3 Å². The lowest BCUT2D eigenvalue weighted by atomic mass is 9.80. The summed E-state index contributed by atoms with van der Waals surface area (Å²) >= 11 is 0. The molecule has 2 saturated heterocycles. The van der Waals surface area contributed by atoms with Crippen molar-refractivity contribution in [2.75, 3.05) is 26.8 Å². The maximum atomic E-state index is 14.4. The van der Waals surface area contributed by atoms with Crippen molar-refractivity contribution in [1.82, 2.24) is 4.90 Å². The zero-order valence-corrected chi connectivity index (χ0v) is 26.6. The summed E-state index contributed by atoms with van der Waals surface area (Å²) < 4.78 is 48.1. The summed E-state index contributed by atoms with van der Waals surface area (Å²) in [6.45, 7) is 3.24. The molecule has 0 saturated carbocycles. The van der Waals surface area contributed by atoms with Gasteiger partial charge in [0.05, 0.1) is 17.5 Å². The first-order chi connectivity index (χ1) is 21.9. The molecule has 0 spiro atoms. The van der Waals surface area contributed by atoms with Crippen LogP contribution >= 0.6 is 0 Å². The van der Waals surface area contributed by atoms with Crippen molar-refractivity contribution in [3.05, 3.63) is 138 Å².